The highest BCUT2D eigenvalue weighted by atomic mass is 35.5. The van der Waals surface area contributed by atoms with E-state index >= 15 is 0 Å². The Labute approximate surface area is 108 Å². The molecule has 0 heterocycles. The maximum atomic E-state index is 12.9. The second-order valence-electron chi connectivity index (χ2n) is 3.20. The Bertz CT molecular complexity index is 406. The van der Waals surface area contributed by atoms with E-state index in [1.807, 2.05) is 0 Å². The summed E-state index contributed by atoms with van der Waals surface area (Å²) in [5.41, 5.74) is 4.22. The maximum absolute atomic E-state index is 12.9. The molecule has 2 nitrogen and oxygen atoms in total. The lowest BCUT2D eigenvalue weighted by molar-refractivity contribution is -0.137. The summed E-state index contributed by atoms with van der Waals surface area (Å²) in [6.45, 7) is -0.420. The fourth-order valence-electron chi connectivity index (χ4n) is 1.10. The predicted octanol–water partition coefficient (Wildman–Crippen LogP) is 3.32. The van der Waals surface area contributed by atoms with Gasteiger partial charge in [-0.05, 0) is 24.3 Å². The minimum atomic E-state index is -4.44. The third-order valence-corrected chi connectivity index (χ3v) is 1.88. The molecule has 0 saturated carbocycles. The number of rotatable bonds is 4. The van der Waals surface area contributed by atoms with Gasteiger partial charge in [-0.3, -0.25) is 0 Å². The monoisotopic (exact) mass is 285 g/mol. The SMILES string of the molecule is Cl.NCC=C(F)COc1cccc(C(F)(F)F)c1. The molecule has 1 rings (SSSR count). The van der Waals surface area contributed by atoms with Gasteiger partial charge in [-0.25, -0.2) is 4.39 Å². The van der Waals surface area contributed by atoms with Crippen LogP contribution >= 0.6 is 12.4 Å². The highest BCUT2D eigenvalue weighted by Crippen LogP contribution is 2.31. The van der Waals surface area contributed by atoms with Gasteiger partial charge < -0.3 is 10.5 Å². The molecule has 0 amide bonds. The molecule has 1 aromatic carbocycles. The van der Waals surface area contributed by atoms with Gasteiger partial charge in [0.05, 0.1) is 5.56 Å². The molecular formula is C11H12ClF4NO. The minimum absolute atomic E-state index is 0. The summed E-state index contributed by atoms with van der Waals surface area (Å²) in [6.07, 6.45) is -3.35. The van der Waals surface area contributed by atoms with Gasteiger partial charge in [0.15, 0.2) is 0 Å². The van der Waals surface area contributed by atoms with Gasteiger partial charge in [0.25, 0.3) is 0 Å². The van der Waals surface area contributed by atoms with E-state index < -0.39 is 24.2 Å². The quantitative estimate of drug-likeness (QED) is 0.861. The Balaban J connectivity index is 0.00000289. The minimum Gasteiger partial charge on any atom is -0.487 e. The molecule has 0 fully saturated rings. The Morgan fingerprint density at radius 2 is 2.00 bits per heavy atom. The van der Waals surface area contributed by atoms with Crippen molar-refractivity contribution in [3.63, 3.8) is 0 Å². The first-order valence-electron chi connectivity index (χ1n) is 4.78. The Kier molecular flexibility index (Phi) is 6.72. The van der Waals surface area contributed by atoms with Crippen LogP contribution in [0.15, 0.2) is 36.2 Å². The first kappa shape index (κ1) is 16.7. The van der Waals surface area contributed by atoms with Crippen molar-refractivity contribution < 1.29 is 22.3 Å². The van der Waals surface area contributed by atoms with Crippen LogP contribution in [0, 0.1) is 0 Å². The summed E-state index contributed by atoms with van der Waals surface area (Å²) in [7, 11) is 0. The molecular weight excluding hydrogens is 274 g/mol. The summed E-state index contributed by atoms with van der Waals surface area (Å²) in [4.78, 5) is 0. The summed E-state index contributed by atoms with van der Waals surface area (Å²) in [5, 5.41) is 0. The molecule has 7 heteroatoms. The lowest BCUT2D eigenvalue weighted by Gasteiger charge is -2.09. The van der Waals surface area contributed by atoms with Gasteiger partial charge in [-0.15, -0.1) is 12.4 Å². The molecule has 0 radical (unpaired) electrons. The van der Waals surface area contributed by atoms with Crippen molar-refractivity contribution >= 4 is 12.4 Å². The van der Waals surface area contributed by atoms with Crippen LogP contribution in [0.5, 0.6) is 5.75 Å². The number of nitrogens with two attached hydrogens (primary N) is 1. The molecule has 1 aromatic rings. The van der Waals surface area contributed by atoms with Crippen molar-refractivity contribution in [1.29, 1.82) is 0 Å². The van der Waals surface area contributed by atoms with Crippen molar-refractivity contribution in [1.82, 2.24) is 0 Å². The molecule has 0 spiro atoms. The van der Waals surface area contributed by atoms with E-state index in [1.165, 1.54) is 12.1 Å². The largest absolute Gasteiger partial charge is 0.487 e. The summed E-state index contributed by atoms with van der Waals surface area (Å²) in [5.74, 6) is -0.662. The van der Waals surface area contributed by atoms with Crippen molar-refractivity contribution in [3.8, 4) is 5.75 Å². The van der Waals surface area contributed by atoms with Crippen molar-refractivity contribution in [3.05, 3.63) is 41.7 Å². The van der Waals surface area contributed by atoms with Crippen LogP contribution in [0.25, 0.3) is 0 Å². The van der Waals surface area contributed by atoms with Gasteiger partial charge in [0.2, 0.25) is 0 Å². The molecule has 2 N–H and O–H groups in total. The van der Waals surface area contributed by atoms with Gasteiger partial charge in [0, 0.05) is 6.54 Å². The zero-order chi connectivity index (χ0) is 12.9. The average Bonchev–Trinajstić information content (AvgIpc) is 2.26. The molecule has 18 heavy (non-hydrogen) atoms. The first-order valence-corrected chi connectivity index (χ1v) is 4.78. The molecule has 0 aromatic heterocycles. The van der Waals surface area contributed by atoms with Gasteiger partial charge in [-0.1, -0.05) is 6.07 Å². The highest BCUT2D eigenvalue weighted by molar-refractivity contribution is 5.85. The Morgan fingerprint density at radius 1 is 1.33 bits per heavy atom. The van der Waals surface area contributed by atoms with Crippen LogP contribution in [-0.4, -0.2) is 13.2 Å². The van der Waals surface area contributed by atoms with Gasteiger partial charge in [-0.2, -0.15) is 13.2 Å². The van der Waals surface area contributed by atoms with Crippen LogP contribution in [0.4, 0.5) is 17.6 Å². The van der Waals surface area contributed by atoms with Crippen LogP contribution < -0.4 is 10.5 Å². The van der Waals surface area contributed by atoms with Crippen LogP contribution in [0.2, 0.25) is 0 Å². The second-order valence-corrected chi connectivity index (χ2v) is 3.20. The van der Waals surface area contributed by atoms with Crippen LogP contribution in [-0.2, 0) is 6.18 Å². The fraction of sp³-hybridized carbons (Fsp3) is 0.273. The van der Waals surface area contributed by atoms with Crippen LogP contribution in [0.1, 0.15) is 5.56 Å². The average molecular weight is 286 g/mol. The van der Waals surface area contributed by atoms with E-state index in [2.05, 4.69) is 0 Å². The summed E-state index contributed by atoms with van der Waals surface area (Å²) < 4.78 is 54.7. The topological polar surface area (TPSA) is 35.2 Å². The van der Waals surface area contributed by atoms with Crippen molar-refractivity contribution in [2.24, 2.45) is 5.73 Å². The van der Waals surface area contributed by atoms with E-state index in [0.717, 1.165) is 18.2 Å². The number of hydrogen-bond acceptors (Lipinski definition) is 2. The number of alkyl halides is 3. The van der Waals surface area contributed by atoms with Crippen LogP contribution in [0.3, 0.4) is 0 Å². The normalized spacial score (nSPS) is 11.9. The first-order chi connectivity index (χ1) is 7.93. The highest BCUT2D eigenvalue weighted by Gasteiger charge is 2.30. The predicted molar refractivity (Wildman–Crippen MR) is 62.4 cm³/mol. The number of hydrogen-bond donors (Lipinski definition) is 1. The maximum Gasteiger partial charge on any atom is 0.416 e. The summed E-state index contributed by atoms with van der Waals surface area (Å²) >= 11 is 0. The van der Waals surface area contributed by atoms with E-state index in [-0.39, 0.29) is 24.7 Å². The number of benzene rings is 1. The van der Waals surface area contributed by atoms with E-state index in [0.29, 0.717) is 0 Å². The Morgan fingerprint density at radius 3 is 2.56 bits per heavy atom. The molecule has 0 atom stereocenters. The lowest BCUT2D eigenvalue weighted by atomic mass is 10.2. The van der Waals surface area contributed by atoms with Gasteiger partial charge >= 0.3 is 6.18 Å². The Hall–Kier alpha value is -1.27. The molecule has 0 aliphatic heterocycles. The zero-order valence-electron chi connectivity index (χ0n) is 9.21. The standard InChI is InChI=1S/C11H11F4NO.ClH/c12-9(4-5-16)7-17-10-3-1-2-8(6-10)11(13,14)15;/h1-4,6H,5,7,16H2;1H. The van der Waals surface area contributed by atoms with Crippen molar-refractivity contribution in [2.75, 3.05) is 13.2 Å². The van der Waals surface area contributed by atoms with E-state index in [4.69, 9.17) is 10.5 Å². The molecule has 0 unspecified atom stereocenters. The second kappa shape index (κ2) is 7.23. The third-order valence-electron chi connectivity index (χ3n) is 1.88. The molecule has 0 aliphatic carbocycles. The zero-order valence-corrected chi connectivity index (χ0v) is 10.0. The number of ether oxygens (including phenoxy) is 1. The van der Waals surface area contributed by atoms with Crippen molar-refractivity contribution in [2.45, 2.75) is 6.18 Å². The van der Waals surface area contributed by atoms with Gasteiger partial charge in [0.1, 0.15) is 18.2 Å². The third kappa shape index (κ3) is 5.37. The molecule has 0 bridgehead atoms. The fourth-order valence-corrected chi connectivity index (χ4v) is 1.10. The van der Waals surface area contributed by atoms with E-state index in [9.17, 15) is 17.6 Å². The number of halogens is 5. The lowest BCUT2D eigenvalue weighted by Crippen LogP contribution is -2.06. The molecule has 0 aliphatic rings. The van der Waals surface area contributed by atoms with E-state index in [1.54, 1.807) is 0 Å². The smallest absolute Gasteiger partial charge is 0.416 e. The summed E-state index contributed by atoms with van der Waals surface area (Å²) in [6, 6.07) is 4.25. The molecule has 102 valence electrons. The molecule has 0 saturated heterocycles.